The van der Waals surface area contributed by atoms with Gasteiger partial charge in [-0.1, -0.05) is 6.92 Å². The third kappa shape index (κ3) is 3.92. The highest BCUT2D eigenvalue weighted by molar-refractivity contribution is 4.99. The zero-order valence-corrected chi connectivity index (χ0v) is 10.5. The fraction of sp³-hybridized carbons (Fsp3) is 0.769. The van der Waals surface area contributed by atoms with E-state index < -0.39 is 0 Å². The van der Waals surface area contributed by atoms with Gasteiger partial charge in [-0.25, -0.2) is 0 Å². The van der Waals surface area contributed by atoms with Crippen molar-refractivity contribution in [2.75, 3.05) is 0 Å². The summed E-state index contributed by atoms with van der Waals surface area (Å²) < 4.78 is 0. The standard InChI is InChI=1S/C13H19N3/c1-10(7-14)5-13(4,12(3)9-16)6-11(2)8-15/h10-12H,5-6H2,1-4H3. The summed E-state index contributed by atoms with van der Waals surface area (Å²) in [6.07, 6.45) is 1.34. The van der Waals surface area contributed by atoms with Crippen LogP contribution in [0.5, 0.6) is 0 Å². The van der Waals surface area contributed by atoms with Crippen LogP contribution in [-0.4, -0.2) is 0 Å². The van der Waals surface area contributed by atoms with Gasteiger partial charge in [0, 0.05) is 17.8 Å². The molecule has 3 atom stereocenters. The molecule has 0 N–H and O–H groups in total. The van der Waals surface area contributed by atoms with Crippen molar-refractivity contribution in [3.05, 3.63) is 0 Å². The molecule has 0 bridgehead atoms. The number of hydrogen-bond acceptors (Lipinski definition) is 3. The van der Waals surface area contributed by atoms with Crippen LogP contribution in [0.3, 0.4) is 0 Å². The van der Waals surface area contributed by atoms with Crippen molar-refractivity contribution in [3.8, 4) is 18.2 Å². The summed E-state index contributed by atoms with van der Waals surface area (Å²) in [6, 6.07) is 6.64. The third-order valence-corrected chi connectivity index (χ3v) is 3.22. The van der Waals surface area contributed by atoms with Crippen LogP contribution in [0, 0.1) is 57.2 Å². The number of rotatable bonds is 5. The summed E-state index contributed by atoms with van der Waals surface area (Å²) in [5.74, 6) is -0.294. The topological polar surface area (TPSA) is 71.4 Å². The number of nitriles is 3. The minimum atomic E-state index is -0.251. The van der Waals surface area contributed by atoms with Gasteiger partial charge in [0.1, 0.15) is 0 Å². The molecule has 86 valence electrons. The van der Waals surface area contributed by atoms with E-state index in [2.05, 4.69) is 18.2 Å². The van der Waals surface area contributed by atoms with E-state index in [0.717, 1.165) is 0 Å². The molecule has 0 aromatic heterocycles. The first-order valence-electron chi connectivity index (χ1n) is 5.58. The van der Waals surface area contributed by atoms with E-state index in [0.29, 0.717) is 12.8 Å². The minimum absolute atomic E-state index is 0.0771. The average Bonchev–Trinajstić information content (AvgIpc) is 2.27. The van der Waals surface area contributed by atoms with Crippen molar-refractivity contribution >= 4 is 0 Å². The summed E-state index contributed by atoms with van der Waals surface area (Å²) in [4.78, 5) is 0. The van der Waals surface area contributed by atoms with Crippen LogP contribution >= 0.6 is 0 Å². The third-order valence-electron chi connectivity index (χ3n) is 3.22. The Morgan fingerprint density at radius 2 is 1.25 bits per heavy atom. The second-order valence-electron chi connectivity index (χ2n) is 4.97. The van der Waals surface area contributed by atoms with Gasteiger partial charge in [0.05, 0.1) is 18.2 Å². The first-order valence-corrected chi connectivity index (χ1v) is 5.58. The molecular weight excluding hydrogens is 198 g/mol. The quantitative estimate of drug-likeness (QED) is 0.709. The minimum Gasteiger partial charge on any atom is -0.198 e. The summed E-state index contributed by atoms with van der Waals surface area (Å²) in [5, 5.41) is 26.7. The smallest absolute Gasteiger partial charge is 0.0658 e. The van der Waals surface area contributed by atoms with E-state index in [-0.39, 0.29) is 23.2 Å². The molecule has 0 spiro atoms. The van der Waals surface area contributed by atoms with Crippen molar-refractivity contribution in [1.82, 2.24) is 0 Å². The van der Waals surface area contributed by atoms with Crippen LogP contribution in [0.1, 0.15) is 40.5 Å². The van der Waals surface area contributed by atoms with E-state index in [1.54, 1.807) is 0 Å². The summed E-state index contributed by atoms with van der Waals surface area (Å²) >= 11 is 0. The van der Waals surface area contributed by atoms with Crippen LogP contribution in [0.25, 0.3) is 0 Å². The molecule has 0 radical (unpaired) electrons. The zero-order chi connectivity index (χ0) is 12.8. The largest absolute Gasteiger partial charge is 0.198 e. The molecule has 0 amide bonds. The van der Waals surface area contributed by atoms with Crippen LogP contribution in [0.15, 0.2) is 0 Å². The molecule has 0 heterocycles. The van der Waals surface area contributed by atoms with Crippen molar-refractivity contribution in [2.24, 2.45) is 23.2 Å². The number of nitrogens with zero attached hydrogens (tertiary/aromatic N) is 3. The normalized spacial score (nSPS) is 19.3. The number of hydrogen-bond donors (Lipinski definition) is 0. The second kappa shape index (κ2) is 6.14. The molecule has 0 aliphatic rings. The molecule has 3 nitrogen and oxygen atoms in total. The van der Waals surface area contributed by atoms with Gasteiger partial charge in [0.2, 0.25) is 0 Å². The van der Waals surface area contributed by atoms with Crippen molar-refractivity contribution in [2.45, 2.75) is 40.5 Å². The Hall–Kier alpha value is -1.53. The van der Waals surface area contributed by atoms with E-state index in [1.807, 2.05) is 27.7 Å². The molecule has 3 heteroatoms. The van der Waals surface area contributed by atoms with E-state index in [9.17, 15) is 0 Å². The fourth-order valence-corrected chi connectivity index (χ4v) is 2.08. The van der Waals surface area contributed by atoms with Crippen LogP contribution in [0.2, 0.25) is 0 Å². The van der Waals surface area contributed by atoms with Crippen LogP contribution in [0.4, 0.5) is 0 Å². The van der Waals surface area contributed by atoms with Gasteiger partial charge >= 0.3 is 0 Å². The van der Waals surface area contributed by atoms with E-state index in [4.69, 9.17) is 15.8 Å². The predicted molar refractivity (Wildman–Crippen MR) is 61.7 cm³/mol. The fourth-order valence-electron chi connectivity index (χ4n) is 2.08. The SMILES string of the molecule is CC(C#N)CC(C)(CC(C)C#N)C(C)C#N. The van der Waals surface area contributed by atoms with Crippen molar-refractivity contribution in [3.63, 3.8) is 0 Å². The molecule has 3 unspecified atom stereocenters. The molecule has 0 aliphatic carbocycles. The van der Waals surface area contributed by atoms with Crippen molar-refractivity contribution in [1.29, 1.82) is 15.8 Å². The molecule has 0 saturated heterocycles. The maximum Gasteiger partial charge on any atom is 0.0658 e. The maximum atomic E-state index is 9.03. The maximum absolute atomic E-state index is 9.03. The average molecular weight is 217 g/mol. The van der Waals surface area contributed by atoms with Crippen molar-refractivity contribution < 1.29 is 0 Å². The molecule has 0 rings (SSSR count). The van der Waals surface area contributed by atoms with Gasteiger partial charge in [0.15, 0.2) is 0 Å². The van der Waals surface area contributed by atoms with Gasteiger partial charge in [-0.05, 0) is 39.0 Å². The Balaban J connectivity index is 4.85. The first-order chi connectivity index (χ1) is 7.39. The molecule has 0 fully saturated rings. The lowest BCUT2D eigenvalue weighted by Gasteiger charge is -2.34. The lowest BCUT2D eigenvalue weighted by Crippen LogP contribution is -2.28. The second-order valence-corrected chi connectivity index (χ2v) is 4.97. The predicted octanol–water partition coefficient (Wildman–Crippen LogP) is 3.25. The Kier molecular flexibility index (Phi) is 5.55. The van der Waals surface area contributed by atoms with Gasteiger partial charge < -0.3 is 0 Å². The van der Waals surface area contributed by atoms with E-state index >= 15 is 0 Å². The molecule has 16 heavy (non-hydrogen) atoms. The van der Waals surface area contributed by atoms with Gasteiger partial charge in [0.25, 0.3) is 0 Å². The zero-order valence-electron chi connectivity index (χ0n) is 10.5. The molecule has 0 aromatic rings. The van der Waals surface area contributed by atoms with Gasteiger partial charge in [-0.3, -0.25) is 0 Å². The Morgan fingerprint density at radius 3 is 1.50 bits per heavy atom. The molecule has 0 aliphatic heterocycles. The van der Waals surface area contributed by atoms with E-state index in [1.165, 1.54) is 0 Å². The summed E-state index contributed by atoms with van der Waals surface area (Å²) in [5.41, 5.74) is -0.251. The molecular formula is C13H19N3. The lowest BCUT2D eigenvalue weighted by molar-refractivity contribution is 0.173. The van der Waals surface area contributed by atoms with Gasteiger partial charge in [-0.15, -0.1) is 0 Å². The highest BCUT2D eigenvalue weighted by atomic mass is 14.4. The molecule has 0 saturated carbocycles. The Labute approximate surface area is 98.3 Å². The summed E-state index contributed by atoms with van der Waals surface area (Å²) in [6.45, 7) is 7.59. The highest BCUT2D eigenvalue weighted by Gasteiger charge is 2.34. The Bertz CT molecular complexity index is 318. The summed E-state index contributed by atoms with van der Waals surface area (Å²) in [7, 11) is 0. The lowest BCUT2D eigenvalue weighted by atomic mass is 9.68. The Morgan fingerprint density at radius 1 is 0.875 bits per heavy atom. The monoisotopic (exact) mass is 217 g/mol. The highest BCUT2D eigenvalue weighted by Crippen LogP contribution is 2.39. The first kappa shape index (κ1) is 14.5. The molecule has 0 aromatic carbocycles. The van der Waals surface area contributed by atoms with Crippen LogP contribution in [-0.2, 0) is 0 Å². The van der Waals surface area contributed by atoms with Gasteiger partial charge in [-0.2, -0.15) is 15.8 Å². The van der Waals surface area contributed by atoms with Crippen LogP contribution < -0.4 is 0 Å².